The Morgan fingerprint density at radius 3 is 2.52 bits per heavy atom. The molecule has 6 nitrogen and oxygen atoms in total. The minimum atomic E-state index is -0.0567. The van der Waals surface area contributed by atoms with Crippen LogP contribution in [0.2, 0.25) is 0 Å². The second-order valence-electron chi connectivity index (χ2n) is 9.27. The van der Waals surface area contributed by atoms with E-state index in [0.717, 1.165) is 41.7 Å². The largest absolute Gasteiger partial charge is 0.348 e. The Morgan fingerprint density at radius 2 is 1.84 bits per heavy atom. The van der Waals surface area contributed by atoms with Gasteiger partial charge in [0.25, 0.3) is 5.91 Å². The number of hydrogen-bond donors (Lipinski definition) is 1. The summed E-state index contributed by atoms with van der Waals surface area (Å²) in [6.45, 7) is 8.12. The van der Waals surface area contributed by atoms with Gasteiger partial charge in [-0.25, -0.2) is 9.67 Å². The molecule has 2 fully saturated rings. The van der Waals surface area contributed by atoms with E-state index >= 15 is 0 Å². The first-order valence-corrected chi connectivity index (χ1v) is 11.5. The van der Waals surface area contributed by atoms with Crippen LogP contribution in [-0.4, -0.2) is 38.7 Å². The van der Waals surface area contributed by atoms with E-state index in [1.54, 1.807) is 6.20 Å². The summed E-state index contributed by atoms with van der Waals surface area (Å²) >= 11 is 0. The van der Waals surface area contributed by atoms with E-state index in [2.05, 4.69) is 53.4 Å². The Labute approximate surface area is 183 Å². The molecule has 0 bridgehead atoms. The van der Waals surface area contributed by atoms with Crippen molar-refractivity contribution in [2.24, 2.45) is 0 Å². The topological polar surface area (TPSA) is 63.1 Å². The van der Waals surface area contributed by atoms with Gasteiger partial charge in [0.15, 0.2) is 5.65 Å². The van der Waals surface area contributed by atoms with E-state index in [9.17, 15) is 4.79 Å². The van der Waals surface area contributed by atoms with Crippen LogP contribution in [0.1, 0.15) is 78.7 Å². The summed E-state index contributed by atoms with van der Waals surface area (Å²) in [5.74, 6) is 0.424. The molecule has 1 saturated heterocycles. The van der Waals surface area contributed by atoms with Gasteiger partial charge in [-0.15, -0.1) is 0 Å². The summed E-state index contributed by atoms with van der Waals surface area (Å²) in [5, 5.41) is 8.44. The standard InChI is InChI=1S/C25H31N5O/c1-17(2)30-24-22(15-27-30)21(13-23(28-24)20-9-10-20)25(31)26-14-18-5-7-19(8-6-18)16-29-11-3-4-12-29/h5-8,13,15,17,20H,3-4,9-12,14,16H2,1-2H3,(H,26,31). The summed E-state index contributed by atoms with van der Waals surface area (Å²) in [6.07, 6.45) is 6.70. The molecule has 1 aliphatic heterocycles. The summed E-state index contributed by atoms with van der Waals surface area (Å²) in [4.78, 5) is 20.5. The molecular weight excluding hydrogens is 386 g/mol. The number of nitrogens with one attached hydrogen (secondary N) is 1. The molecule has 2 aliphatic rings. The van der Waals surface area contributed by atoms with Crippen molar-refractivity contribution < 1.29 is 4.79 Å². The van der Waals surface area contributed by atoms with Crippen LogP contribution >= 0.6 is 0 Å². The summed E-state index contributed by atoms with van der Waals surface area (Å²) < 4.78 is 1.91. The number of nitrogens with zero attached hydrogens (tertiary/aromatic N) is 4. The highest BCUT2D eigenvalue weighted by molar-refractivity contribution is 6.05. The maximum atomic E-state index is 13.1. The Balaban J connectivity index is 1.31. The second kappa shape index (κ2) is 8.42. The first-order valence-electron chi connectivity index (χ1n) is 11.5. The van der Waals surface area contributed by atoms with Gasteiger partial charge in [-0.1, -0.05) is 24.3 Å². The Bertz CT molecular complexity index is 1080. The van der Waals surface area contributed by atoms with E-state index in [1.807, 2.05) is 10.7 Å². The van der Waals surface area contributed by atoms with Gasteiger partial charge in [-0.05, 0) is 69.8 Å². The van der Waals surface area contributed by atoms with Crippen molar-refractivity contribution in [1.82, 2.24) is 25.0 Å². The summed E-state index contributed by atoms with van der Waals surface area (Å²) in [5.41, 5.74) is 4.97. The van der Waals surface area contributed by atoms with Crippen molar-refractivity contribution in [3.63, 3.8) is 0 Å². The first kappa shape index (κ1) is 20.2. The van der Waals surface area contributed by atoms with Crippen molar-refractivity contribution in [1.29, 1.82) is 0 Å². The number of aromatic nitrogens is 3. The maximum absolute atomic E-state index is 13.1. The monoisotopic (exact) mass is 417 g/mol. The molecule has 0 unspecified atom stereocenters. The minimum absolute atomic E-state index is 0.0567. The third-order valence-electron chi connectivity index (χ3n) is 6.40. The van der Waals surface area contributed by atoms with Crippen molar-refractivity contribution in [3.8, 4) is 0 Å². The molecule has 2 aromatic heterocycles. The van der Waals surface area contributed by atoms with Crippen LogP contribution in [0.3, 0.4) is 0 Å². The zero-order valence-corrected chi connectivity index (χ0v) is 18.5. The molecule has 0 atom stereocenters. The van der Waals surface area contributed by atoms with Gasteiger partial charge in [0.2, 0.25) is 0 Å². The number of rotatable bonds is 7. The Hall–Kier alpha value is -2.73. The van der Waals surface area contributed by atoms with Crippen LogP contribution in [-0.2, 0) is 13.1 Å². The van der Waals surface area contributed by atoms with E-state index in [4.69, 9.17) is 4.98 Å². The van der Waals surface area contributed by atoms with Crippen molar-refractivity contribution >= 4 is 16.9 Å². The molecule has 1 N–H and O–H groups in total. The van der Waals surface area contributed by atoms with Gasteiger partial charge >= 0.3 is 0 Å². The molecule has 1 aromatic carbocycles. The van der Waals surface area contributed by atoms with Gasteiger partial charge in [0, 0.05) is 30.7 Å². The van der Waals surface area contributed by atoms with E-state index in [1.165, 1.54) is 31.5 Å². The van der Waals surface area contributed by atoms with Crippen LogP contribution in [0.25, 0.3) is 11.0 Å². The number of carbonyl (C=O) groups excluding carboxylic acids is 1. The van der Waals surface area contributed by atoms with Crippen LogP contribution in [0, 0.1) is 0 Å². The van der Waals surface area contributed by atoms with E-state index < -0.39 is 0 Å². The number of fused-ring (bicyclic) bond motifs is 1. The average Bonchev–Trinajstić information content (AvgIpc) is 3.32. The normalized spacial score (nSPS) is 17.0. The molecule has 1 saturated carbocycles. The average molecular weight is 418 g/mol. The highest BCUT2D eigenvalue weighted by Gasteiger charge is 2.28. The van der Waals surface area contributed by atoms with E-state index in [-0.39, 0.29) is 11.9 Å². The van der Waals surface area contributed by atoms with Gasteiger partial charge in [0.1, 0.15) is 0 Å². The lowest BCUT2D eigenvalue weighted by Crippen LogP contribution is -2.23. The summed E-state index contributed by atoms with van der Waals surface area (Å²) in [6, 6.07) is 10.8. The molecule has 0 spiro atoms. The quantitative estimate of drug-likeness (QED) is 0.618. The number of amides is 1. The van der Waals surface area contributed by atoms with Crippen LogP contribution in [0.4, 0.5) is 0 Å². The highest BCUT2D eigenvalue weighted by Crippen LogP contribution is 2.40. The molecule has 31 heavy (non-hydrogen) atoms. The number of pyridine rings is 1. The minimum Gasteiger partial charge on any atom is -0.348 e. The molecule has 3 heterocycles. The smallest absolute Gasteiger partial charge is 0.252 e. The fourth-order valence-electron chi connectivity index (χ4n) is 4.43. The second-order valence-corrected chi connectivity index (χ2v) is 9.27. The SMILES string of the molecule is CC(C)n1ncc2c(C(=O)NCc3ccc(CN4CCCC4)cc3)cc(C3CC3)nc21. The Kier molecular flexibility index (Phi) is 5.48. The number of likely N-dealkylation sites (tertiary alicyclic amines) is 1. The molecule has 162 valence electrons. The predicted molar refractivity (Wildman–Crippen MR) is 122 cm³/mol. The first-order chi connectivity index (χ1) is 15.1. The third kappa shape index (κ3) is 4.35. The fraction of sp³-hybridized carbons (Fsp3) is 0.480. The van der Waals surface area contributed by atoms with Gasteiger partial charge in [0.05, 0.1) is 17.1 Å². The molecule has 3 aromatic rings. The molecule has 1 amide bonds. The van der Waals surface area contributed by atoms with Gasteiger partial charge < -0.3 is 5.32 Å². The number of hydrogen-bond acceptors (Lipinski definition) is 4. The van der Waals surface area contributed by atoms with Gasteiger partial charge in [-0.3, -0.25) is 9.69 Å². The third-order valence-corrected chi connectivity index (χ3v) is 6.40. The van der Waals surface area contributed by atoms with Crippen molar-refractivity contribution in [3.05, 3.63) is 58.9 Å². The zero-order valence-electron chi connectivity index (χ0n) is 18.5. The number of carbonyl (C=O) groups is 1. The predicted octanol–water partition coefficient (Wildman–Crippen LogP) is 4.42. The van der Waals surface area contributed by atoms with Crippen LogP contribution < -0.4 is 5.32 Å². The van der Waals surface area contributed by atoms with Crippen LogP contribution in [0.15, 0.2) is 36.5 Å². The lowest BCUT2D eigenvalue weighted by Gasteiger charge is -2.15. The van der Waals surface area contributed by atoms with Crippen LogP contribution in [0.5, 0.6) is 0 Å². The molecule has 0 radical (unpaired) electrons. The molecule has 1 aliphatic carbocycles. The fourth-order valence-corrected chi connectivity index (χ4v) is 4.43. The van der Waals surface area contributed by atoms with Crippen molar-refractivity contribution in [2.45, 2.75) is 64.6 Å². The molecule has 6 heteroatoms. The molecular formula is C25H31N5O. The lowest BCUT2D eigenvalue weighted by molar-refractivity contribution is 0.0952. The Morgan fingerprint density at radius 1 is 1.13 bits per heavy atom. The van der Waals surface area contributed by atoms with E-state index in [0.29, 0.717) is 18.0 Å². The zero-order chi connectivity index (χ0) is 21.4. The number of benzene rings is 1. The lowest BCUT2D eigenvalue weighted by atomic mass is 10.1. The summed E-state index contributed by atoms with van der Waals surface area (Å²) in [7, 11) is 0. The maximum Gasteiger partial charge on any atom is 0.252 e. The highest BCUT2D eigenvalue weighted by atomic mass is 16.1. The van der Waals surface area contributed by atoms with Crippen molar-refractivity contribution in [2.75, 3.05) is 13.1 Å². The van der Waals surface area contributed by atoms with Gasteiger partial charge in [-0.2, -0.15) is 5.10 Å². The molecule has 5 rings (SSSR count).